The second-order valence-electron chi connectivity index (χ2n) is 3.34. The van der Waals surface area contributed by atoms with Gasteiger partial charge in [-0.25, -0.2) is 0 Å². The molecule has 0 aliphatic carbocycles. The summed E-state index contributed by atoms with van der Waals surface area (Å²) in [6.07, 6.45) is -2.82. The molecule has 1 aliphatic rings. The third-order valence-electron chi connectivity index (χ3n) is 2.07. The van der Waals surface area contributed by atoms with Gasteiger partial charge in [0, 0.05) is 6.42 Å². The molecule has 2 atom stereocenters. The SMILES string of the molecule is CCC(=O)OC([C]1NC(=O)C(=O)N1)C(O)CO. The van der Waals surface area contributed by atoms with Crippen molar-refractivity contribution in [1.82, 2.24) is 10.6 Å². The molecule has 1 aliphatic heterocycles. The molecule has 8 heteroatoms. The van der Waals surface area contributed by atoms with E-state index in [1.807, 2.05) is 0 Å². The fourth-order valence-electron chi connectivity index (χ4n) is 1.18. The van der Waals surface area contributed by atoms with Crippen molar-refractivity contribution in [3.05, 3.63) is 6.17 Å². The summed E-state index contributed by atoms with van der Waals surface area (Å²) in [4.78, 5) is 33.0. The molecule has 2 amide bonds. The molecule has 0 saturated carbocycles. The zero-order valence-corrected chi connectivity index (χ0v) is 9.10. The van der Waals surface area contributed by atoms with Gasteiger partial charge in [-0.2, -0.15) is 0 Å². The first-order valence-corrected chi connectivity index (χ1v) is 4.97. The first-order chi connectivity index (χ1) is 7.99. The maximum absolute atomic E-state index is 11.1. The van der Waals surface area contributed by atoms with Crippen molar-refractivity contribution in [3.63, 3.8) is 0 Å². The first kappa shape index (κ1) is 13.4. The van der Waals surface area contributed by atoms with Crippen LogP contribution in [0, 0.1) is 6.17 Å². The van der Waals surface area contributed by atoms with Gasteiger partial charge >= 0.3 is 17.8 Å². The molecule has 0 bridgehead atoms. The van der Waals surface area contributed by atoms with Crippen LogP contribution in [0.25, 0.3) is 0 Å². The van der Waals surface area contributed by atoms with Crippen molar-refractivity contribution in [2.45, 2.75) is 25.6 Å². The van der Waals surface area contributed by atoms with Crippen molar-refractivity contribution in [1.29, 1.82) is 0 Å². The fraction of sp³-hybridized carbons (Fsp3) is 0.556. The average molecular weight is 245 g/mol. The number of esters is 1. The summed E-state index contributed by atoms with van der Waals surface area (Å²) in [6, 6.07) is 0. The number of hydrogen-bond donors (Lipinski definition) is 4. The highest BCUT2D eigenvalue weighted by Crippen LogP contribution is 2.13. The van der Waals surface area contributed by atoms with E-state index in [0.717, 1.165) is 0 Å². The van der Waals surface area contributed by atoms with Crippen LogP contribution in [0.4, 0.5) is 0 Å². The number of amides is 2. The van der Waals surface area contributed by atoms with Gasteiger partial charge in [0.15, 0.2) is 6.10 Å². The van der Waals surface area contributed by atoms with Crippen molar-refractivity contribution in [2.24, 2.45) is 0 Å². The number of hydrogen-bond acceptors (Lipinski definition) is 6. The normalized spacial score (nSPS) is 19.5. The molecule has 1 saturated heterocycles. The Hall–Kier alpha value is -1.67. The lowest BCUT2D eigenvalue weighted by Gasteiger charge is -2.25. The molecule has 0 aromatic rings. The van der Waals surface area contributed by atoms with E-state index in [2.05, 4.69) is 10.6 Å². The largest absolute Gasteiger partial charge is 0.455 e. The highest BCUT2D eigenvalue weighted by molar-refractivity contribution is 6.37. The number of aliphatic hydroxyl groups excluding tert-OH is 2. The van der Waals surface area contributed by atoms with Gasteiger partial charge in [-0.1, -0.05) is 6.92 Å². The second-order valence-corrected chi connectivity index (χ2v) is 3.34. The van der Waals surface area contributed by atoms with Gasteiger partial charge in [-0.15, -0.1) is 0 Å². The van der Waals surface area contributed by atoms with E-state index >= 15 is 0 Å². The van der Waals surface area contributed by atoms with E-state index in [-0.39, 0.29) is 12.6 Å². The molecule has 0 spiro atoms. The number of carbonyl (C=O) groups is 3. The predicted octanol–water partition coefficient (Wildman–Crippen LogP) is -2.60. The molecule has 0 aromatic carbocycles. The van der Waals surface area contributed by atoms with E-state index in [1.54, 1.807) is 6.92 Å². The van der Waals surface area contributed by atoms with Crippen molar-refractivity contribution >= 4 is 17.8 Å². The number of rotatable bonds is 5. The summed E-state index contributed by atoms with van der Waals surface area (Å²) in [5, 5.41) is 22.5. The lowest BCUT2D eigenvalue weighted by Crippen LogP contribution is -2.46. The Bertz CT molecular complexity index is 315. The Morgan fingerprint density at radius 2 is 1.88 bits per heavy atom. The third-order valence-corrected chi connectivity index (χ3v) is 2.07. The number of ether oxygens (including phenoxy) is 1. The summed E-state index contributed by atoms with van der Waals surface area (Å²) in [6.45, 7) is 0.859. The quantitative estimate of drug-likeness (QED) is 0.311. The highest BCUT2D eigenvalue weighted by Gasteiger charge is 2.41. The minimum atomic E-state index is -1.43. The minimum Gasteiger partial charge on any atom is -0.455 e. The maximum Gasteiger partial charge on any atom is 0.311 e. The second kappa shape index (κ2) is 5.60. The Balaban J connectivity index is 2.73. The highest BCUT2D eigenvalue weighted by atomic mass is 16.6. The average Bonchev–Trinajstić information content (AvgIpc) is 2.65. The summed E-state index contributed by atoms with van der Waals surface area (Å²) < 4.78 is 4.82. The molecule has 1 heterocycles. The number of carbonyl (C=O) groups excluding carboxylic acids is 3. The van der Waals surface area contributed by atoms with Crippen LogP contribution in [-0.2, 0) is 19.1 Å². The summed E-state index contributed by atoms with van der Waals surface area (Å²) >= 11 is 0. The molecule has 95 valence electrons. The molecule has 1 fully saturated rings. The van der Waals surface area contributed by atoms with Crippen molar-refractivity contribution in [2.75, 3.05) is 6.61 Å². The minimum absolute atomic E-state index is 0.0593. The molecule has 1 radical (unpaired) electrons. The maximum atomic E-state index is 11.1. The molecule has 8 nitrogen and oxygen atoms in total. The fourth-order valence-corrected chi connectivity index (χ4v) is 1.18. The van der Waals surface area contributed by atoms with E-state index in [0.29, 0.717) is 0 Å². The lowest BCUT2D eigenvalue weighted by molar-refractivity contribution is -0.155. The van der Waals surface area contributed by atoms with Gasteiger partial charge < -0.3 is 25.6 Å². The van der Waals surface area contributed by atoms with Crippen LogP contribution in [0.5, 0.6) is 0 Å². The lowest BCUT2D eigenvalue weighted by atomic mass is 10.1. The summed E-state index contributed by atoms with van der Waals surface area (Å²) in [5.41, 5.74) is 0. The zero-order valence-electron chi connectivity index (χ0n) is 9.10. The van der Waals surface area contributed by atoms with Crippen LogP contribution >= 0.6 is 0 Å². The van der Waals surface area contributed by atoms with Crippen molar-refractivity contribution < 1.29 is 29.3 Å². The monoisotopic (exact) mass is 245 g/mol. The number of nitrogens with one attached hydrogen (secondary N) is 2. The molecular weight excluding hydrogens is 232 g/mol. The van der Waals surface area contributed by atoms with Gasteiger partial charge in [-0.3, -0.25) is 14.4 Å². The predicted molar refractivity (Wildman–Crippen MR) is 52.8 cm³/mol. The van der Waals surface area contributed by atoms with Crippen LogP contribution in [-0.4, -0.2) is 46.8 Å². The van der Waals surface area contributed by atoms with E-state index in [4.69, 9.17) is 9.84 Å². The Morgan fingerprint density at radius 3 is 2.29 bits per heavy atom. The van der Waals surface area contributed by atoms with E-state index in [9.17, 15) is 19.5 Å². The van der Waals surface area contributed by atoms with E-state index < -0.39 is 36.6 Å². The summed E-state index contributed by atoms with van der Waals surface area (Å²) in [7, 11) is 0. The van der Waals surface area contributed by atoms with Crippen LogP contribution in [0.2, 0.25) is 0 Å². The standard InChI is InChI=1S/C9H13N2O6/c1-2-5(14)17-6(4(13)3-12)7-10-8(15)9(16)11-7/h4,6,12-13H,2-3H2,1H3,(H,10,15)(H,11,16). The van der Waals surface area contributed by atoms with Gasteiger partial charge in [0.1, 0.15) is 6.10 Å². The Morgan fingerprint density at radius 1 is 1.35 bits per heavy atom. The Labute approximate surface area is 96.9 Å². The molecule has 17 heavy (non-hydrogen) atoms. The van der Waals surface area contributed by atoms with Gasteiger partial charge in [-0.05, 0) is 0 Å². The van der Waals surface area contributed by atoms with Gasteiger partial charge in [0.05, 0.1) is 6.61 Å². The molecule has 1 rings (SSSR count). The topological polar surface area (TPSA) is 125 Å². The molecule has 2 unspecified atom stereocenters. The van der Waals surface area contributed by atoms with Crippen molar-refractivity contribution in [3.8, 4) is 0 Å². The van der Waals surface area contributed by atoms with E-state index in [1.165, 1.54) is 0 Å². The Kier molecular flexibility index (Phi) is 4.41. The zero-order chi connectivity index (χ0) is 13.0. The van der Waals surface area contributed by atoms with Crippen LogP contribution < -0.4 is 10.6 Å². The summed E-state index contributed by atoms with van der Waals surface area (Å²) in [5.74, 6) is -2.46. The first-order valence-electron chi connectivity index (χ1n) is 4.97. The number of aliphatic hydroxyl groups is 2. The molecular formula is C9H13N2O6. The third kappa shape index (κ3) is 3.14. The van der Waals surface area contributed by atoms with Crippen LogP contribution in [0.3, 0.4) is 0 Å². The molecule has 4 N–H and O–H groups in total. The van der Waals surface area contributed by atoms with Crippen LogP contribution in [0.15, 0.2) is 0 Å². The van der Waals surface area contributed by atoms with Gasteiger partial charge in [0.2, 0.25) is 6.17 Å². The molecule has 0 aromatic heterocycles. The van der Waals surface area contributed by atoms with Gasteiger partial charge in [0.25, 0.3) is 0 Å². The smallest absolute Gasteiger partial charge is 0.311 e. The van der Waals surface area contributed by atoms with Crippen LogP contribution in [0.1, 0.15) is 13.3 Å².